The third-order valence-corrected chi connectivity index (χ3v) is 5.34. The second kappa shape index (κ2) is 6.21. The Labute approximate surface area is 148 Å². The lowest BCUT2D eigenvalue weighted by atomic mass is 10.0. The molecule has 1 saturated heterocycles. The SMILES string of the molecule is CC(C)CN1C[C@@H](C(=O)N2CCc3c([nH]c4ccccc34)C2)CC1=O. The summed E-state index contributed by atoms with van der Waals surface area (Å²) in [4.78, 5) is 32.3. The molecular weight excluding hydrogens is 314 g/mol. The molecule has 0 aliphatic carbocycles. The Bertz CT molecular complexity index is 823. The summed E-state index contributed by atoms with van der Waals surface area (Å²) in [6.07, 6.45) is 1.24. The van der Waals surface area contributed by atoms with Crippen molar-refractivity contribution in [2.24, 2.45) is 11.8 Å². The fourth-order valence-corrected chi connectivity index (χ4v) is 4.19. The van der Waals surface area contributed by atoms with E-state index in [1.807, 2.05) is 15.9 Å². The molecule has 0 saturated carbocycles. The number of aromatic nitrogens is 1. The van der Waals surface area contributed by atoms with Gasteiger partial charge in [-0.05, 0) is 24.0 Å². The largest absolute Gasteiger partial charge is 0.357 e. The minimum Gasteiger partial charge on any atom is -0.357 e. The van der Waals surface area contributed by atoms with Crippen LogP contribution in [0.4, 0.5) is 0 Å². The molecule has 0 bridgehead atoms. The minimum atomic E-state index is -0.183. The maximum atomic E-state index is 12.9. The van der Waals surface area contributed by atoms with Gasteiger partial charge < -0.3 is 14.8 Å². The first-order chi connectivity index (χ1) is 12.0. The molecule has 0 unspecified atom stereocenters. The predicted octanol–water partition coefficient (Wildman–Crippen LogP) is 2.56. The highest BCUT2D eigenvalue weighted by atomic mass is 16.2. The number of H-pyrrole nitrogens is 1. The van der Waals surface area contributed by atoms with E-state index in [0.29, 0.717) is 25.4 Å². The number of nitrogens with one attached hydrogen (secondary N) is 1. The van der Waals surface area contributed by atoms with E-state index < -0.39 is 0 Å². The molecule has 4 rings (SSSR count). The lowest BCUT2D eigenvalue weighted by molar-refractivity contribution is -0.136. The van der Waals surface area contributed by atoms with Gasteiger partial charge in [0.15, 0.2) is 0 Å². The van der Waals surface area contributed by atoms with Gasteiger partial charge in [0.25, 0.3) is 0 Å². The van der Waals surface area contributed by atoms with Crippen molar-refractivity contribution in [2.45, 2.75) is 33.2 Å². The van der Waals surface area contributed by atoms with E-state index in [1.165, 1.54) is 10.9 Å². The number of fused-ring (bicyclic) bond motifs is 3. The normalized spacial score (nSPS) is 20.6. The van der Waals surface area contributed by atoms with Crippen LogP contribution in [0.3, 0.4) is 0 Å². The van der Waals surface area contributed by atoms with E-state index in [4.69, 9.17) is 0 Å². The van der Waals surface area contributed by atoms with Gasteiger partial charge in [-0.3, -0.25) is 9.59 Å². The first-order valence-electron chi connectivity index (χ1n) is 9.18. The Morgan fingerprint density at radius 1 is 1.32 bits per heavy atom. The highest BCUT2D eigenvalue weighted by molar-refractivity contribution is 5.90. The molecule has 2 aliphatic heterocycles. The first-order valence-corrected chi connectivity index (χ1v) is 9.18. The molecule has 1 fully saturated rings. The number of rotatable bonds is 3. The van der Waals surface area contributed by atoms with Gasteiger partial charge in [0.2, 0.25) is 11.8 Å². The van der Waals surface area contributed by atoms with Crippen molar-refractivity contribution in [3.63, 3.8) is 0 Å². The summed E-state index contributed by atoms with van der Waals surface area (Å²) < 4.78 is 0. The Balaban J connectivity index is 1.48. The van der Waals surface area contributed by atoms with E-state index in [0.717, 1.165) is 30.7 Å². The number of likely N-dealkylation sites (tertiary alicyclic amines) is 1. The molecule has 3 heterocycles. The third kappa shape index (κ3) is 2.92. The molecule has 5 nitrogen and oxygen atoms in total. The molecule has 5 heteroatoms. The minimum absolute atomic E-state index is 0.121. The van der Waals surface area contributed by atoms with Gasteiger partial charge in [-0.15, -0.1) is 0 Å². The summed E-state index contributed by atoms with van der Waals surface area (Å²) in [7, 11) is 0. The average molecular weight is 339 g/mol. The van der Waals surface area contributed by atoms with E-state index in [-0.39, 0.29) is 17.7 Å². The van der Waals surface area contributed by atoms with Crippen LogP contribution in [0.5, 0.6) is 0 Å². The standard InChI is InChI=1S/C20H25N3O2/c1-13(2)10-23-11-14(9-19(23)24)20(25)22-8-7-16-15-5-3-4-6-17(15)21-18(16)12-22/h3-6,13-14,21H,7-12H2,1-2H3/t14-/m0/s1. The van der Waals surface area contributed by atoms with Crippen molar-refractivity contribution < 1.29 is 9.59 Å². The number of nitrogens with zero attached hydrogens (tertiary/aromatic N) is 2. The average Bonchev–Trinajstić information content (AvgIpc) is 3.13. The van der Waals surface area contributed by atoms with Gasteiger partial charge in [0.1, 0.15) is 0 Å². The maximum Gasteiger partial charge on any atom is 0.228 e. The van der Waals surface area contributed by atoms with E-state index in [1.54, 1.807) is 0 Å². The number of carbonyl (C=O) groups is 2. The van der Waals surface area contributed by atoms with Gasteiger partial charge in [0, 0.05) is 42.7 Å². The third-order valence-electron chi connectivity index (χ3n) is 5.34. The van der Waals surface area contributed by atoms with Gasteiger partial charge in [-0.2, -0.15) is 0 Å². The van der Waals surface area contributed by atoms with Gasteiger partial charge in [-0.25, -0.2) is 0 Å². The van der Waals surface area contributed by atoms with Crippen LogP contribution >= 0.6 is 0 Å². The number of benzene rings is 1. The number of para-hydroxylation sites is 1. The zero-order valence-corrected chi connectivity index (χ0v) is 14.9. The maximum absolute atomic E-state index is 12.9. The second-order valence-electron chi connectivity index (χ2n) is 7.73. The van der Waals surface area contributed by atoms with Gasteiger partial charge in [0.05, 0.1) is 12.5 Å². The van der Waals surface area contributed by atoms with Crippen molar-refractivity contribution in [3.8, 4) is 0 Å². The zero-order chi connectivity index (χ0) is 17.6. The van der Waals surface area contributed by atoms with Crippen LogP contribution in [-0.4, -0.2) is 46.2 Å². The van der Waals surface area contributed by atoms with Crippen LogP contribution < -0.4 is 0 Å². The summed E-state index contributed by atoms with van der Waals surface area (Å²) in [5.74, 6) is 0.498. The number of hydrogen-bond donors (Lipinski definition) is 1. The summed E-state index contributed by atoms with van der Waals surface area (Å²) in [5, 5.41) is 1.27. The molecule has 1 atom stereocenters. The van der Waals surface area contributed by atoms with Gasteiger partial charge >= 0.3 is 0 Å². The van der Waals surface area contributed by atoms with Crippen LogP contribution in [0, 0.1) is 11.8 Å². The van der Waals surface area contributed by atoms with Crippen molar-refractivity contribution in [1.29, 1.82) is 0 Å². The van der Waals surface area contributed by atoms with Crippen LogP contribution in [-0.2, 0) is 22.6 Å². The quantitative estimate of drug-likeness (QED) is 0.934. The smallest absolute Gasteiger partial charge is 0.228 e. The number of amides is 2. The van der Waals surface area contributed by atoms with Crippen molar-refractivity contribution in [3.05, 3.63) is 35.5 Å². The fourth-order valence-electron chi connectivity index (χ4n) is 4.19. The molecular formula is C20H25N3O2. The second-order valence-corrected chi connectivity index (χ2v) is 7.73. The summed E-state index contributed by atoms with van der Waals surface area (Å²) in [5.41, 5.74) is 3.62. The number of carbonyl (C=O) groups excluding carboxylic acids is 2. The number of hydrogen-bond acceptors (Lipinski definition) is 2. The molecule has 1 aromatic heterocycles. The van der Waals surface area contributed by atoms with Crippen LogP contribution in [0.2, 0.25) is 0 Å². The molecule has 132 valence electrons. The van der Waals surface area contributed by atoms with E-state index >= 15 is 0 Å². The lowest BCUT2D eigenvalue weighted by Gasteiger charge is -2.29. The van der Waals surface area contributed by atoms with Crippen molar-refractivity contribution >= 4 is 22.7 Å². The van der Waals surface area contributed by atoms with Crippen LogP contribution in [0.15, 0.2) is 24.3 Å². The molecule has 1 aromatic carbocycles. The molecule has 2 aromatic rings. The topological polar surface area (TPSA) is 56.4 Å². The molecule has 1 N–H and O–H groups in total. The summed E-state index contributed by atoms with van der Waals surface area (Å²) in [6, 6.07) is 8.31. The zero-order valence-electron chi connectivity index (χ0n) is 14.9. The first kappa shape index (κ1) is 16.2. The highest BCUT2D eigenvalue weighted by Crippen LogP contribution is 2.29. The Hall–Kier alpha value is -2.30. The number of aromatic amines is 1. The molecule has 0 radical (unpaired) electrons. The molecule has 2 aliphatic rings. The van der Waals surface area contributed by atoms with Crippen molar-refractivity contribution in [2.75, 3.05) is 19.6 Å². The fraction of sp³-hybridized carbons (Fsp3) is 0.500. The lowest BCUT2D eigenvalue weighted by Crippen LogP contribution is -2.40. The summed E-state index contributed by atoms with van der Waals surface area (Å²) >= 11 is 0. The molecule has 2 amide bonds. The molecule has 25 heavy (non-hydrogen) atoms. The van der Waals surface area contributed by atoms with E-state index in [9.17, 15) is 9.59 Å². The van der Waals surface area contributed by atoms with Gasteiger partial charge in [-0.1, -0.05) is 32.0 Å². The Morgan fingerprint density at radius 3 is 2.92 bits per heavy atom. The molecule has 0 spiro atoms. The van der Waals surface area contributed by atoms with Crippen molar-refractivity contribution in [1.82, 2.24) is 14.8 Å². The van der Waals surface area contributed by atoms with Crippen LogP contribution in [0.1, 0.15) is 31.5 Å². The highest BCUT2D eigenvalue weighted by Gasteiger charge is 2.37. The van der Waals surface area contributed by atoms with Crippen LogP contribution in [0.25, 0.3) is 10.9 Å². The Morgan fingerprint density at radius 2 is 2.12 bits per heavy atom. The monoisotopic (exact) mass is 339 g/mol. The predicted molar refractivity (Wildman–Crippen MR) is 96.9 cm³/mol. The van der Waals surface area contributed by atoms with E-state index in [2.05, 4.69) is 37.0 Å². The summed E-state index contributed by atoms with van der Waals surface area (Å²) in [6.45, 7) is 6.88. The Kier molecular flexibility index (Phi) is 4.02.